The maximum atomic E-state index is 13.5. The van der Waals surface area contributed by atoms with Crippen LogP contribution in [0, 0.1) is 6.92 Å². The molecular formula is C27H26N2O4. The summed E-state index contributed by atoms with van der Waals surface area (Å²) in [5.74, 6) is 0.615. The van der Waals surface area contributed by atoms with Crippen molar-refractivity contribution >= 4 is 23.1 Å². The summed E-state index contributed by atoms with van der Waals surface area (Å²) in [5.41, 5.74) is 3.81. The summed E-state index contributed by atoms with van der Waals surface area (Å²) in [7, 11) is 1.60. The quantitative estimate of drug-likeness (QED) is 0.508. The summed E-state index contributed by atoms with van der Waals surface area (Å²) in [4.78, 5) is 28.2. The van der Waals surface area contributed by atoms with Gasteiger partial charge in [-0.25, -0.2) is 0 Å². The molecule has 0 spiro atoms. The van der Waals surface area contributed by atoms with Crippen LogP contribution in [0.1, 0.15) is 23.6 Å². The van der Waals surface area contributed by atoms with Crippen LogP contribution in [0.5, 0.6) is 11.5 Å². The standard InChI is InChI=1S/C27H26N2O4/c1-4-33-23-8-6-5-7-22(23)28-25-24(20-13-9-18(2)10-14-20)26(30)29(27(25)31)17-19-11-15-21(32-3)16-12-19/h5-16,28H,4,17H2,1-3H3. The smallest absolute Gasteiger partial charge is 0.278 e. The van der Waals surface area contributed by atoms with Gasteiger partial charge in [-0.3, -0.25) is 14.5 Å². The number of rotatable bonds is 8. The Balaban J connectivity index is 1.72. The summed E-state index contributed by atoms with van der Waals surface area (Å²) in [6, 6.07) is 22.3. The lowest BCUT2D eigenvalue weighted by molar-refractivity contribution is -0.137. The van der Waals surface area contributed by atoms with E-state index in [0.29, 0.717) is 34.9 Å². The van der Waals surface area contributed by atoms with Gasteiger partial charge < -0.3 is 14.8 Å². The van der Waals surface area contributed by atoms with Crippen molar-refractivity contribution in [2.24, 2.45) is 0 Å². The minimum Gasteiger partial charge on any atom is -0.497 e. The number of benzene rings is 3. The maximum absolute atomic E-state index is 13.5. The zero-order chi connectivity index (χ0) is 23.4. The molecule has 33 heavy (non-hydrogen) atoms. The predicted octanol–water partition coefficient (Wildman–Crippen LogP) is 4.79. The van der Waals surface area contributed by atoms with E-state index in [2.05, 4.69) is 5.32 Å². The van der Waals surface area contributed by atoms with E-state index < -0.39 is 0 Å². The van der Waals surface area contributed by atoms with Gasteiger partial charge in [0.1, 0.15) is 17.2 Å². The number of methoxy groups -OCH3 is 1. The Labute approximate surface area is 193 Å². The fourth-order valence-corrected chi connectivity index (χ4v) is 3.72. The summed E-state index contributed by atoms with van der Waals surface area (Å²) < 4.78 is 10.9. The highest BCUT2D eigenvalue weighted by atomic mass is 16.5. The fraction of sp³-hybridized carbons (Fsp3) is 0.185. The van der Waals surface area contributed by atoms with Gasteiger partial charge in [-0.15, -0.1) is 0 Å². The first-order valence-corrected chi connectivity index (χ1v) is 10.8. The summed E-state index contributed by atoms with van der Waals surface area (Å²) >= 11 is 0. The summed E-state index contributed by atoms with van der Waals surface area (Å²) in [6.07, 6.45) is 0. The third kappa shape index (κ3) is 4.60. The van der Waals surface area contributed by atoms with Gasteiger partial charge in [0.25, 0.3) is 11.8 Å². The first-order chi connectivity index (χ1) is 16.0. The molecule has 2 amide bonds. The van der Waals surface area contributed by atoms with E-state index in [1.807, 2.05) is 86.6 Å². The second-order valence-corrected chi connectivity index (χ2v) is 7.71. The van der Waals surface area contributed by atoms with Crippen molar-refractivity contribution in [1.29, 1.82) is 0 Å². The van der Waals surface area contributed by atoms with Crippen LogP contribution in [0.25, 0.3) is 5.57 Å². The lowest BCUT2D eigenvalue weighted by Crippen LogP contribution is -2.32. The lowest BCUT2D eigenvalue weighted by atomic mass is 10.0. The summed E-state index contributed by atoms with van der Waals surface area (Å²) in [6.45, 7) is 4.52. The van der Waals surface area contributed by atoms with Crippen LogP contribution in [-0.4, -0.2) is 30.4 Å². The van der Waals surface area contributed by atoms with E-state index >= 15 is 0 Å². The Bertz CT molecular complexity index is 1200. The van der Waals surface area contributed by atoms with E-state index in [1.54, 1.807) is 7.11 Å². The van der Waals surface area contributed by atoms with Gasteiger partial charge in [-0.1, -0.05) is 54.1 Å². The van der Waals surface area contributed by atoms with E-state index in [-0.39, 0.29) is 24.1 Å². The van der Waals surface area contributed by atoms with Crippen LogP contribution in [0.15, 0.2) is 78.5 Å². The van der Waals surface area contributed by atoms with Gasteiger partial charge >= 0.3 is 0 Å². The number of nitrogens with zero attached hydrogens (tertiary/aromatic N) is 1. The van der Waals surface area contributed by atoms with Gasteiger partial charge in [0, 0.05) is 0 Å². The number of hydrogen-bond acceptors (Lipinski definition) is 5. The number of carbonyl (C=O) groups is 2. The molecular weight excluding hydrogens is 416 g/mol. The minimum atomic E-state index is -0.377. The maximum Gasteiger partial charge on any atom is 0.278 e. The van der Waals surface area contributed by atoms with Crippen LogP contribution in [0.3, 0.4) is 0 Å². The topological polar surface area (TPSA) is 67.9 Å². The van der Waals surface area contributed by atoms with Crippen LogP contribution >= 0.6 is 0 Å². The Kier molecular flexibility index (Phi) is 6.45. The number of ether oxygens (including phenoxy) is 2. The molecule has 4 rings (SSSR count). The highest BCUT2D eigenvalue weighted by molar-refractivity contribution is 6.36. The molecule has 0 aliphatic carbocycles. The lowest BCUT2D eigenvalue weighted by Gasteiger charge is -2.16. The Morgan fingerprint density at radius 3 is 2.24 bits per heavy atom. The average Bonchev–Trinajstić information content (AvgIpc) is 3.06. The largest absolute Gasteiger partial charge is 0.497 e. The number of imide groups is 1. The predicted molar refractivity (Wildman–Crippen MR) is 128 cm³/mol. The Morgan fingerprint density at radius 1 is 0.879 bits per heavy atom. The molecule has 1 heterocycles. The molecule has 0 atom stereocenters. The molecule has 3 aromatic rings. The first-order valence-electron chi connectivity index (χ1n) is 10.8. The second kappa shape index (κ2) is 9.61. The van der Waals surface area contributed by atoms with Gasteiger partial charge in [-0.05, 0) is 49.2 Å². The van der Waals surface area contributed by atoms with Gasteiger partial charge in [0.2, 0.25) is 0 Å². The van der Waals surface area contributed by atoms with Crippen molar-refractivity contribution in [2.45, 2.75) is 20.4 Å². The van der Waals surface area contributed by atoms with Crippen LogP contribution < -0.4 is 14.8 Å². The van der Waals surface area contributed by atoms with Crippen LogP contribution in [0.2, 0.25) is 0 Å². The normalized spacial score (nSPS) is 13.5. The molecule has 168 valence electrons. The molecule has 1 aliphatic heterocycles. The van der Waals surface area contributed by atoms with Crippen molar-refractivity contribution in [1.82, 2.24) is 4.90 Å². The zero-order valence-corrected chi connectivity index (χ0v) is 18.9. The molecule has 0 saturated heterocycles. The highest BCUT2D eigenvalue weighted by Gasteiger charge is 2.39. The second-order valence-electron chi connectivity index (χ2n) is 7.71. The van der Waals surface area contributed by atoms with Crippen molar-refractivity contribution in [3.63, 3.8) is 0 Å². The van der Waals surface area contributed by atoms with Gasteiger partial charge in [0.05, 0.1) is 31.5 Å². The molecule has 3 aromatic carbocycles. The fourth-order valence-electron chi connectivity index (χ4n) is 3.72. The number of anilines is 1. The molecule has 0 unspecified atom stereocenters. The molecule has 0 bridgehead atoms. The number of hydrogen-bond donors (Lipinski definition) is 1. The average molecular weight is 443 g/mol. The number of para-hydroxylation sites is 2. The van der Waals surface area contributed by atoms with Crippen LogP contribution in [0.4, 0.5) is 5.69 Å². The highest BCUT2D eigenvalue weighted by Crippen LogP contribution is 2.34. The number of amides is 2. The number of nitrogens with one attached hydrogen (secondary N) is 1. The molecule has 0 saturated carbocycles. The minimum absolute atomic E-state index is 0.162. The first kappa shape index (κ1) is 22.1. The van der Waals surface area contributed by atoms with Gasteiger partial charge in [0.15, 0.2) is 0 Å². The molecule has 0 radical (unpaired) electrons. The molecule has 6 nitrogen and oxygen atoms in total. The number of carbonyl (C=O) groups excluding carboxylic acids is 2. The summed E-state index contributed by atoms with van der Waals surface area (Å²) in [5, 5.41) is 3.19. The number of aryl methyl sites for hydroxylation is 1. The van der Waals surface area contributed by atoms with E-state index in [9.17, 15) is 9.59 Å². The third-order valence-electron chi connectivity index (χ3n) is 5.45. The molecule has 1 aliphatic rings. The van der Waals surface area contributed by atoms with Crippen LogP contribution in [-0.2, 0) is 16.1 Å². The third-order valence-corrected chi connectivity index (χ3v) is 5.45. The molecule has 6 heteroatoms. The van der Waals surface area contributed by atoms with Crippen molar-refractivity contribution < 1.29 is 19.1 Å². The van der Waals surface area contributed by atoms with E-state index in [0.717, 1.165) is 11.1 Å². The Morgan fingerprint density at radius 2 is 1.58 bits per heavy atom. The van der Waals surface area contributed by atoms with Crippen molar-refractivity contribution in [2.75, 3.05) is 19.0 Å². The van der Waals surface area contributed by atoms with Gasteiger partial charge in [-0.2, -0.15) is 0 Å². The molecule has 0 fully saturated rings. The SMILES string of the molecule is CCOc1ccccc1NC1=C(c2ccc(C)cc2)C(=O)N(Cc2ccc(OC)cc2)C1=O. The molecule has 0 aromatic heterocycles. The Hall–Kier alpha value is -4.06. The van der Waals surface area contributed by atoms with E-state index in [4.69, 9.17) is 9.47 Å². The monoisotopic (exact) mass is 442 g/mol. The van der Waals surface area contributed by atoms with E-state index in [1.165, 1.54) is 4.90 Å². The van der Waals surface area contributed by atoms with Crippen molar-refractivity contribution in [3.8, 4) is 11.5 Å². The molecule has 1 N–H and O–H groups in total. The zero-order valence-electron chi connectivity index (χ0n) is 18.9. The van der Waals surface area contributed by atoms with Crippen molar-refractivity contribution in [3.05, 3.63) is 95.2 Å².